The van der Waals surface area contributed by atoms with Crippen molar-refractivity contribution in [1.29, 1.82) is 0 Å². The number of nitrogens with two attached hydrogens (primary N) is 1. The number of methoxy groups -OCH3 is 1. The molecule has 142 valence electrons. The highest BCUT2D eigenvalue weighted by atomic mass is 19.1. The standard InChI is InChI=1S/C17H16FN3O6/c1-3-6-27-17(23)15-13(21(24)25)5-4-12(20-15)10-7-9(18)8-11(14(10)19)16(22)26-2/h4-5,7-8H,3,6,19H2,1-2H3. The molecule has 10 heteroatoms. The van der Waals surface area contributed by atoms with E-state index < -0.39 is 34.1 Å². The van der Waals surface area contributed by atoms with Gasteiger partial charge in [0.2, 0.25) is 5.69 Å². The van der Waals surface area contributed by atoms with Gasteiger partial charge in [0, 0.05) is 11.6 Å². The van der Waals surface area contributed by atoms with Gasteiger partial charge in [-0.25, -0.2) is 19.0 Å². The number of anilines is 1. The van der Waals surface area contributed by atoms with Gasteiger partial charge in [0.05, 0.1) is 35.6 Å². The number of pyridine rings is 1. The number of nitrogens with zero attached hydrogens (tertiary/aromatic N) is 2. The van der Waals surface area contributed by atoms with Gasteiger partial charge < -0.3 is 15.2 Å². The molecule has 0 bridgehead atoms. The number of halogens is 1. The summed E-state index contributed by atoms with van der Waals surface area (Å²) in [4.78, 5) is 38.2. The minimum atomic E-state index is -0.992. The SMILES string of the molecule is CCCOC(=O)c1nc(-c2cc(F)cc(C(=O)OC)c2N)ccc1[N+](=O)[O-]. The van der Waals surface area contributed by atoms with E-state index >= 15 is 0 Å². The molecule has 1 heterocycles. The second-order valence-electron chi connectivity index (χ2n) is 5.36. The fraction of sp³-hybridized carbons (Fsp3) is 0.235. The number of carbonyl (C=O) groups excluding carboxylic acids is 2. The van der Waals surface area contributed by atoms with Crippen LogP contribution in [0.4, 0.5) is 15.8 Å². The van der Waals surface area contributed by atoms with E-state index in [-0.39, 0.29) is 29.1 Å². The van der Waals surface area contributed by atoms with Crippen LogP contribution in [-0.4, -0.2) is 35.6 Å². The van der Waals surface area contributed by atoms with Gasteiger partial charge in [-0.05, 0) is 24.6 Å². The van der Waals surface area contributed by atoms with Crippen molar-refractivity contribution < 1.29 is 28.4 Å². The lowest BCUT2D eigenvalue weighted by Gasteiger charge is -2.11. The van der Waals surface area contributed by atoms with E-state index in [0.717, 1.165) is 25.3 Å². The molecule has 0 aliphatic carbocycles. The van der Waals surface area contributed by atoms with Crippen LogP contribution in [0.15, 0.2) is 24.3 Å². The van der Waals surface area contributed by atoms with Crippen LogP contribution in [0.3, 0.4) is 0 Å². The number of hydrogen-bond acceptors (Lipinski definition) is 8. The Hall–Kier alpha value is -3.56. The van der Waals surface area contributed by atoms with Gasteiger partial charge in [-0.2, -0.15) is 0 Å². The number of ether oxygens (including phenoxy) is 2. The Morgan fingerprint density at radius 2 is 2.00 bits per heavy atom. The van der Waals surface area contributed by atoms with Gasteiger partial charge in [0.1, 0.15) is 5.82 Å². The van der Waals surface area contributed by atoms with Crippen molar-refractivity contribution in [2.75, 3.05) is 19.5 Å². The Morgan fingerprint density at radius 1 is 1.30 bits per heavy atom. The second kappa shape index (κ2) is 8.21. The normalized spacial score (nSPS) is 10.3. The van der Waals surface area contributed by atoms with E-state index in [9.17, 15) is 24.1 Å². The van der Waals surface area contributed by atoms with Crippen molar-refractivity contribution in [3.05, 3.63) is 51.5 Å². The van der Waals surface area contributed by atoms with Crippen molar-refractivity contribution >= 4 is 23.3 Å². The number of rotatable bonds is 6. The van der Waals surface area contributed by atoms with Crippen molar-refractivity contribution in [2.45, 2.75) is 13.3 Å². The molecule has 0 fully saturated rings. The summed E-state index contributed by atoms with van der Waals surface area (Å²) < 4.78 is 23.4. The Kier molecular flexibility index (Phi) is 6.01. The molecule has 0 saturated heterocycles. The van der Waals surface area contributed by atoms with Crippen molar-refractivity contribution in [2.24, 2.45) is 0 Å². The van der Waals surface area contributed by atoms with Gasteiger partial charge in [-0.3, -0.25) is 10.1 Å². The zero-order chi connectivity index (χ0) is 20.1. The predicted molar refractivity (Wildman–Crippen MR) is 92.6 cm³/mol. The number of esters is 2. The zero-order valence-electron chi connectivity index (χ0n) is 14.5. The lowest BCUT2D eigenvalue weighted by molar-refractivity contribution is -0.385. The molecular formula is C17H16FN3O6. The fourth-order valence-electron chi connectivity index (χ4n) is 2.27. The monoisotopic (exact) mass is 377 g/mol. The molecule has 0 spiro atoms. The third kappa shape index (κ3) is 4.17. The van der Waals surface area contributed by atoms with Crippen LogP contribution in [0.25, 0.3) is 11.3 Å². The molecule has 0 unspecified atom stereocenters. The van der Waals surface area contributed by atoms with Gasteiger partial charge in [0.15, 0.2) is 0 Å². The van der Waals surface area contributed by atoms with Crippen LogP contribution in [0.2, 0.25) is 0 Å². The van der Waals surface area contributed by atoms with E-state index in [1.165, 1.54) is 6.07 Å². The summed E-state index contributed by atoms with van der Waals surface area (Å²) in [6, 6.07) is 4.12. The molecule has 2 aromatic rings. The first-order chi connectivity index (χ1) is 12.8. The van der Waals surface area contributed by atoms with Crippen LogP contribution in [0.1, 0.15) is 34.2 Å². The molecule has 2 N–H and O–H groups in total. The Morgan fingerprint density at radius 3 is 2.59 bits per heavy atom. The fourth-order valence-corrected chi connectivity index (χ4v) is 2.27. The number of carbonyl (C=O) groups is 2. The Labute approximate surface area is 153 Å². The van der Waals surface area contributed by atoms with Crippen LogP contribution >= 0.6 is 0 Å². The molecule has 0 radical (unpaired) electrons. The van der Waals surface area contributed by atoms with E-state index in [1.54, 1.807) is 6.92 Å². The zero-order valence-corrected chi connectivity index (χ0v) is 14.5. The summed E-state index contributed by atoms with van der Waals surface area (Å²) in [6.45, 7) is 1.81. The minimum absolute atomic E-state index is 0.0187. The van der Waals surface area contributed by atoms with E-state index in [0.29, 0.717) is 6.42 Å². The molecule has 0 aliphatic heterocycles. The third-order valence-electron chi connectivity index (χ3n) is 3.53. The smallest absolute Gasteiger partial charge is 0.364 e. The summed E-state index contributed by atoms with van der Waals surface area (Å²) in [5.74, 6) is -2.65. The number of nitrogen functional groups attached to an aromatic ring is 1. The topological polar surface area (TPSA) is 135 Å². The van der Waals surface area contributed by atoms with Gasteiger partial charge in [0.25, 0.3) is 0 Å². The minimum Gasteiger partial charge on any atom is -0.465 e. The first-order valence-electron chi connectivity index (χ1n) is 7.80. The molecule has 9 nitrogen and oxygen atoms in total. The summed E-state index contributed by atoms with van der Waals surface area (Å²) >= 11 is 0. The summed E-state index contributed by atoms with van der Waals surface area (Å²) in [5.41, 5.74) is 4.36. The molecule has 0 aliphatic rings. The van der Waals surface area contributed by atoms with Gasteiger partial charge in [-0.1, -0.05) is 6.92 Å². The third-order valence-corrected chi connectivity index (χ3v) is 3.53. The van der Waals surface area contributed by atoms with Crippen molar-refractivity contribution in [3.8, 4) is 11.3 Å². The molecule has 1 aromatic heterocycles. The largest absolute Gasteiger partial charge is 0.465 e. The highest BCUT2D eigenvalue weighted by molar-refractivity contribution is 5.99. The van der Waals surface area contributed by atoms with E-state index in [1.807, 2.05) is 0 Å². The number of aromatic nitrogens is 1. The van der Waals surface area contributed by atoms with Gasteiger partial charge >= 0.3 is 17.6 Å². The first kappa shape index (κ1) is 19.8. The maximum Gasteiger partial charge on any atom is 0.364 e. The van der Waals surface area contributed by atoms with Crippen molar-refractivity contribution in [3.63, 3.8) is 0 Å². The average Bonchev–Trinajstić information content (AvgIpc) is 2.66. The molecule has 27 heavy (non-hydrogen) atoms. The molecular weight excluding hydrogens is 361 g/mol. The van der Waals surface area contributed by atoms with Crippen LogP contribution in [0, 0.1) is 15.9 Å². The summed E-state index contributed by atoms with van der Waals surface area (Å²) in [7, 11) is 1.11. The van der Waals surface area contributed by atoms with Crippen LogP contribution in [0.5, 0.6) is 0 Å². The predicted octanol–water partition coefficient (Wildman–Crippen LogP) is 2.73. The molecule has 0 atom stereocenters. The second-order valence-corrected chi connectivity index (χ2v) is 5.36. The van der Waals surface area contributed by atoms with Crippen LogP contribution in [-0.2, 0) is 9.47 Å². The van der Waals surface area contributed by atoms with Crippen molar-refractivity contribution in [1.82, 2.24) is 4.98 Å². The van der Waals surface area contributed by atoms with Gasteiger partial charge in [-0.15, -0.1) is 0 Å². The Bertz CT molecular complexity index is 916. The molecule has 0 amide bonds. The maximum atomic E-state index is 13.9. The molecule has 2 rings (SSSR count). The lowest BCUT2D eigenvalue weighted by Crippen LogP contribution is -2.12. The first-order valence-corrected chi connectivity index (χ1v) is 7.80. The maximum absolute atomic E-state index is 13.9. The Balaban J connectivity index is 2.63. The molecule has 0 saturated carbocycles. The molecule has 1 aromatic carbocycles. The number of nitro groups is 1. The lowest BCUT2D eigenvalue weighted by atomic mass is 10.0. The number of benzene rings is 1. The average molecular weight is 377 g/mol. The van der Waals surface area contributed by atoms with E-state index in [2.05, 4.69) is 9.72 Å². The van der Waals surface area contributed by atoms with E-state index in [4.69, 9.17) is 10.5 Å². The summed E-state index contributed by atoms with van der Waals surface area (Å²) in [6.07, 6.45) is 0.512. The van der Waals surface area contributed by atoms with Crippen LogP contribution < -0.4 is 5.73 Å². The summed E-state index contributed by atoms with van der Waals surface area (Å²) in [5, 5.41) is 11.2. The number of hydrogen-bond donors (Lipinski definition) is 1. The quantitative estimate of drug-likeness (QED) is 0.351. The highest BCUT2D eigenvalue weighted by Crippen LogP contribution is 2.31. The highest BCUT2D eigenvalue weighted by Gasteiger charge is 2.26.